The van der Waals surface area contributed by atoms with E-state index < -0.39 is 18.2 Å². The molecule has 0 aromatic heterocycles. The molecule has 3 unspecified atom stereocenters. The molecule has 51 heavy (non-hydrogen) atoms. The highest BCUT2D eigenvalue weighted by Gasteiger charge is 2.24. The lowest BCUT2D eigenvalue weighted by Crippen LogP contribution is -2.46. The molecule has 0 fully saturated rings. The molecule has 296 valence electrons. The summed E-state index contributed by atoms with van der Waals surface area (Å²) in [6.45, 7) is 6.24. The molecule has 3 atom stereocenters. The van der Waals surface area contributed by atoms with Crippen molar-refractivity contribution in [1.82, 2.24) is 5.32 Å². The number of carbonyl (C=O) groups excluding carboxylic acids is 2. The summed E-state index contributed by atoms with van der Waals surface area (Å²) in [6.07, 6.45) is 44.6. The third kappa shape index (κ3) is 34.7. The number of allylic oxidation sites excluding steroid dienone is 8. The minimum Gasteiger partial charge on any atom is -0.462 e. The Morgan fingerprint density at radius 2 is 1.12 bits per heavy atom. The molecule has 3 N–H and O–H groups in total. The SMILES string of the molecule is CC/C=C/C=C/C=C/CCCCCCCC(CC(=O)NC(CO)C(O)CCCCCCCCCCC)OC(=O)CCCCCCC/C=C\CCC. The first-order valence-corrected chi connectivity index (χ1v) is 21.4. The van der Waals surface area contributed by atoms with E-state index in [0.717, 1.165) is 96.3 Å². The Kier molecular flexibility index (Phi) is 37.4. The second kappa shape index (κ2) is 39.0. The average molecular weight is 716 g/mol. The molecule has 0 aliphatic heterocycles. The van der Waals surface area contributed by atoms with Crippen LogP contribution in [-0.4, -0.2) is 46.9 Å². The largest absolute Gasteiger partial charge is 0.462 e. The van der Waals surface area contributed by atoms with Gasteiger partial charge in [-0.25, -0.2) is 0 Å². The van der Waals surface area contributed by atoms with Crippen LogP contribution in [0.15, 0.2) is 48.6 Å². The van der Waals surface area contributed by atoms with E-state index in [1.54, 1.807) is 0 Å². The first kappa shape index (κ1) is 48.8. The van der Waals surface area contributed by atoms with Gasteiger partial charge in [-0.3, -0.25) is 9.59 Å². The summed E-state index contributed by atoms with van der Waals surface area (Å²) in [5, 5.41) is 23.5. The zero-order chi connectivity index (χ0) is 37.5. The summed E-state index contributed by atoms with van der Waals surface area (Å²) in [7, 11) is 0. The van der Waals surface area contributed by atoms with Crippen molar-refractivity contribution in [3.63, 3.8) is 0 Å². The molecule has 1 amide bonds. The summed E-state index contributed by atoms with van der Waals surface area (Å²) < 4.78 is 5.87. The van der Waals surface area contributed by atoms with E-state index in [9.17, 15) is 19.8 Å². The van der Waals surface area contributed by atoms with Gasteiger partial charge in [0.25, 0.3) is 0 Å². The number of esters is 1. The quantitative estimate of drug-likeness (QED) is 0.0257. The van der Waals surface area contributed by atoms with Gasteiger partial charge in [0.1, 0.15) is 6.10 Å². The Balaban J connectivity index is 4.67. The van der Waals surface area contributed by atoms with E-state index >= 15 is 0 Å². The van der Waals surface area contributed by atoms with Gasteiger partial charge < -0.3 is 20.3 Å². The minimum absolute atomic E-state index is 0.0598. The molecule has 0 rings (SSSR count). The topological polar surface area (TPSA) is 95.9 Å². The van der Waals surface area contributed by atoms with Crippen molar-refractivity contribution in [2.75, 3.05) is 6.61 Å². The van der Waals surface area contributed by atoms with Crippen LogP contribution >= 0.6 is 0 Å². The van der Waals surface area contributed by atoms with Crippen LogP contribution in [0.3, 0.4) is 0 Å². The van der Waals surface area contributed by atoms with Gasteiger partial charge in [-0.05, 0) is 64.2 Å². The summed E-state index contributed by atoms with van der Waals surface area (Å²) >= 11 is 0. The second-order valence-electron chi connectivity index (χ2n) is 14.4. The van der Waals surface area contributed by atoms with Crippen molar-refractivity contribution in [2.45, 2.75) is 219 Å². The molecule has 0 aliphatic rings. The van der Waals surface area contributed by atoms with Gasteiger partial charge in [0.05, 0.1) is 25.2 Å². The fraction of sp³-hybridized carbons (Fsp3) is 0.778. The normalized spacial score (nSPS) is 13.9. The molecule has 0 spiro atoms. The third-order valence-corrected chi connectivity index (χ3v) is 9.43. The smallest absolute Gasteiger partial charge is 0.306 e. The summed E-state index contributed by atoms with van der Waals surface area (Å²) in [6, 6.07) is -0.706. The Labute approximate surface area is 315 Å². The maximum Gasteiger partial charge on any atom is 0.306 e. The van der Waals surface area contributed by atoms with Crippen molar-refractivity contribution in [3.8, 4) is 0 Å². The number of carbonyl (C=O) groups is 2. The van der Waals surface area contributed by atoms with Crippen molar-refractivity contribution in [2.24, 2.45) is 0 Å². The molecule has 0 aromatic rings. The van der Waals surface area contributed by atoms with Crippen LogP contribution in [0.25, 0.3) is 0 Å². The standard InChI is InChI=1S/C45H81NO5/c1-4-7-10-13-16-19-21-22-23-25-27-30-33-36-41(51-45(50)38-35-32-29-26-20-17-14-11-8-5-2)39-44(49)46-42(40-47)43(48)37-34-31-28-24-18-15-12-9-6-3/h7,10-11,13-14,16,19,21,41-43,47-48H,4-6,8-9,12,15,17-18,20,22-40H2,1-3H3,(H,46,49)/b10-7+,14-11-,16-13+,21-19+. The minimum atomic E-state index is -0.791. The van der Waals surface area contributed by atoms with Crippen LogP contribution in [0, 0.1) is 0 Å². The molecule has 6 nitrogen and oxygen atoms in total. The zero-order valence-electron chi connectivity index (χ0n) is 33.5. The van der Waals surface area contributed by atoms with Crippen molar-refractivity contribution in [3.05, 3.63) is 48.6 Å². The lowest BCUT2D eigenvalue weighted by Gasteiger charge is -2.24. The number of ether oxygens (including phenoxy) is 1. The van der Waals surface area contributed by atoms with E-state index in [-0.39, 0.29) is 24.9 Å². The number of rotatable bonds is 37. The highest BCUT2D eigenvalue weighted by Crippen LogP contribution is 2.17. The van der Waals surface area contributed by atoms with Crippen LogP contribution in [-0.2, 0) is 14.3 Å². The first-order chi connectivity index (χ1) is 25.0. The number of nitrogens with one attached hydrogen (secondary N) is 1. The van der Waals surface area contributed by atoms with Gasteiger partial charge in [-0.15, -0.1) is 0 Å². The second-order valence-corrected chi connectivity index (χ2v) is 14.4. The van der Waals surface area contributed by atoms with Crippen LogP contribution in [0.1, 0.15) is 201 Å². The molecule has 6 heteroatoms. The van der Waals surface area contributed by atoms with Crippen LogP contribution in [0.5, 0.6) is 0 Å². The Hall–Kier alpha value is -2.18. The average Bonchev–Trinajstić information content (AvgIpc) is 3.12. The number of hydrogen-bond donors (Lipinski definition) is 3. The fourth-order valence-electron chi connectivity index (χ4n) is 6.20. The van der Waals surface area contributed by atoms with E-state index in [2.05, 4.69) is 74.7 Å². The van der Waals surface area contributed by atoms with Crippen LogP contribution in [0.4, 0.5) is 0 Å². The van der Waals surface area contributed by atoms with E-state index in [0.29, 0.717) is 19.3 Å². The van der Waals surface area contributed by atoms with Crippen molar-refractivity contribution < 1.29 is 24.5 Å². The molecule has 0 aliphatic carbocycles. The van der Waals surface area contributed by atoms with Gasteiger partial charge in [-0.2, -0.15) is 0 Å². The summed E-state index contributed by atoms with van der Waals surface area (Å²) in [5.74, 6) is -0.512. The highest BCUT2D eigenvalue weighted by molar-refractivity contribution is 5.77. The maximum atomic E-state index is 13.1. The van der Waals surface area contributed by atoms with Gasteiger partial charge >= 0.3 is 5.97 Å². The molecule has 0 aromatic carbocycles. The zero-order valence-corrected chi connectivity index (χ0v) is 33.5. The number of amides is 1. The highest BCUT2D eigenvalue weighted by atomic mass is 16.5. The van der Waals surface area contributed by atoms with E-state index in [4.69, 9.17) is 4.74 Å². The molecule has 0 radical (unpaired) electrons. The Morgan fingerprint density at radius 3 is 1.73 bits per heavy atom. The first-order valence-electron chi connectivity index (χ1n) is 21.4. The lowest BCUT2D eigenvalue weighted by atomic mass is 10.0. The third-order valence-electron chi connectivity index (χ3n) is 9.43. The molecule has 0 saturated carbocycles. The predicted octanol–water partition coefficient (Wildman–Crippen LogP) is 11.9. The molecule has 0 bridgehead atoms. The van der Waals surface area contributed by atoms with Crippen molar-refractivity contribution >= 4 is 11.9 Å². The van der Waals surface area contributed by atoms with Crippen LogP contribution < -0.4 is 5.32 Å². The van der Waals surface area contributed by atoms with Gasteiger partial charge in [0.2, 0.25) is 5.91 Å². The Bertz CT molecular complexity index is 895. The number of aliphatic hydroxyl groups is 2. The molecular weight excluding hydrogens is 634 g/mol. The molecule has 0 heterocycles. The molecule has 0 saturated heterocycles. The van der Waals surface area contributed by atoms with Gasteiger partial charge in [-0.1, -0.05) is 172 Å². The van der Waals surface area contributed by atoms with E-state index in [1.165, 1.54) is 57.8 Å². The van der Waals surface area contributed by atoms with E-state index in [1.807, 2.05) is 0 Å². The summed E-state index contributed by atoms with van der Waals surface area (Å²) in [4.78, 5) is 25.9. The monoisotopic (exact) mass is 716 g/mol. The molecular formula is C45H81NO5. The van der Waals surface area contributed by atoms with Crippen LogP contribution in [0.2, 0.25) is 0 Å². The van der Waals surface area contributed by atoms with Gasteiger partial charge in [0.15, 0.2) is 0 Å². The number of aliphatic hydroxyl groups excluding tert-OH is 2. The van der Waals surface area contributed by atoms with Gasteiger partial charge in [0, 0.05) is 6.42 Å². The lowest BCUT2D eigenvalue weighted by molar-refractivity contribution is -0.151. The van der Waals surface area contributed by atoms with Crippen molar-refractivity contribution in [1.29, 1.82) is 0 Å². The number of unbranched alkanes of at least 4 members (excludes halogenated alkanes) is 19. The fourth-order valence-corrected chi connectivity index (χ4v) is 6.20. The Morgan fingerprint density at radius 1 is 0.588 bits per heavy atom. The summed E-state index contributed by atoms with van der Waals surface area (Å²) in [5.41, 5.74) is 0. The predicted molar refractivity (Wildman–Crippen MR) is 218 cm³/mol. The maximum absolute atomic E-state index is 13.1. The number of hydrogen-bond acceptors (Lipinski definition) is 5.